The van der Waals surface area contributed by atoms with Crippen LogP contribution in [0.2, 0.25) is 0 Å². The van der Waals surface area contributed by atoms with E-state index in [2.05, 4.69) is 0 Å². The lowest BCUT2D eigenvalue weighted by atomic mass is 9.90. The highest BCUT2D eigenvalue weighted by Gasteiger charge is 2.59. The molecule has 3 rings (SSSR count). The second kappa shape index (κ2) is 6.14. The average molecular weight is 332 g/mol. The maximum atomic E-state index is 12.5. The molecular weight excluding hydrogens is 312 g/mol. The Morgan fingerprint density at radius 1 is 1.21 bits per heavy atom. The maximum Gasteiger partial charge on any atom is 0.307 e. The second-order valence-corrected chi connectivity index (χ2v) is 6.53. The molecule has 2 amide bonds. The highest BCUT2D eigenvalue weighted by molar-refractivity contribution is 5.94. The molecule has 7 nitrogen and oxygen atoms in total. The molecule has 1 saturated carbocycles. The molecule has 24 heavy (non-hydrogen) atoms. The summed E-state index contributed by atoms with van der Waals surface area (Å²) in [5.41, 5.74) is 5.47. The Morgan fingerprint density at radius 3 is 2.33 bits per heavy atom. The van der Waals surface area contributed by atoms with Crippen molar-refractivity contribution >= 4 is 17.8 Å². The molecule has 1 atom stereocenters. The first-order valence-corrected chi connectivity index (χ1v) is 7.94. The third kappa shape index (κ3) is 3.20. The number of ether oxygens (including phenoxy) is 1. The van der Waals surface area contributed by atoms with Crippen LogP contribution in [-0.4, -0.2) is 47.5 Å². The fourth-order valence-electron chi connectivity index (χ4n) is 3.44. The quantitative estimate of drug-likeness (QED) is 0.831. The maximum absolute atomic E-state index is 12.5. The van der Waals surface area contributed by atoms with Crippen LogP contribution in [0.1, 0.15) is 29.6 Å². The molecule has 128 valence electrons. The number of piperidine rings is 1. The fraction of sp³-hybridized carbons (Fsp3) is 0.471. The minimum atomic E-state index is -0.721. The summed E-state index contributed by atoms with van der Waals surface area (Å²) in [5.74, 6) is -1.11. The van der Waals surface area contributed by atoms with Crippen molar-refractivity contribution in [2.24, 2.45) is 17.1 Å². The SMILES string of the molecule is NC(=O)COc1ccc(C(=O)N2CCC3(CC2)CC3C(=O)O)cc1. The number of carbonyl (C=O) groups is 3. The Morgan fingerprint density at radius 2 is 1.83 bits per heavy atom. The summed E-state index contributed by atoms with van der Waals surface area (Å²) < 4.78 is 5.16. The van der Waals surface area contributed by atoms with Gasteiger partial charge in [-0.3, -0.25) is 14.4 Å². The van der Waals surface area contributed by atoms with Crippen molar-refractivity contribution in [3.8, 4) is 5.75 Å². The molecule has 1 aliphatic carbocycles. The molecule has 1 heterocycles. The van der Waals surface area contributed by atoms with Gasteiger partial charge in [0.15, 0.2) is 6.61 Å². The van der Waals surface area contributed by atoms with Crippen molar-refractivity contribution in [2.75, 3.05) is 19.7 Å². The molecule has 7 heteroatoms. The van der Waals surface area contributed by atoms with Crippen molar-refractivity contribution in [3.63, 3.8) is 0 Å². The summed E-state index contributed by atoms with van der Waals surface area (Å²) in [4.78, 5) is 36.0. The van der Waals surface area contributed by atoms with E-state index in [0.717, 1.165) is 19.3 Å². The van der Waals surface area contributed by atoms with Crippen molar-refractivity contribution < 1.29 is 24.2 Å². The van der Waals surface area contributed by atoms with E-state index < -0.39 is 11.9 Å². The molecule has 1 aromatic rings. The summed E-state index contributed by atoms with van der Waals surface area (Å²) >= 11 is 0. The third-order valence-corrected chi connectivity index (χ3v) is 5.02. The molecule has 1 saturated heterocycles. The number of benzene rings is 1. The number of amides is 2. The van der Waals surface area contributed by atoms with E-state index in [4.69, 9.17) is 15.6 Å². The van der Waals surface area contributed by atoms with Crippen molar-refractivity contribution in [2.45, 2.75) is 19.3 Å². The molecule has 0 aromatic heterocycles. The Hall–Kier alpha value is -2.57. The lowest BCUT2D eigenvalue weighted by molar-refractivity contribution is -0.139. The first-order chi connectivity index (χ1) is 11.4. The van der Waals surface area contributed by atoms with Gasteiger partial charge in [0, 0.05) is 18.7 Å². The summed E-state index contributed by atoms with van der Waals surface area (Å²) in [5, 5.41) is 9.11. The Bertz CT molecular complexity index is 662. The van der Waals surface area contributed by atoms with Crippen LogP contribution in [0.4, 0.5) is 0 Å². The number of nitrogens with two attached hydrogens (primary N) is 1. The van der Waals surface area contributed by atoms with Gasteiger partial charge in [-0.15, -0.1) is 0 Å². The normalized spacial score (nSPS) is 21.3. The number of nitrogens with zero attached hydrogens (tertiary/aromatic N) is 1. The topological polar surface area (TPSA) is 110 Å². The minimum Gasteiger partial charge on any atom is -0.484 e. The number of carboxylic acid groups (broad SMARTS) is 1. The van der Waals surface area contributed by atoms with Gasteiger partial charge in [-0.2, -0.15) is 0 Å². The zero-order chi connectivity index (χ0) is 17.3. The summed E-state index contributed by atoms with van der Waals surface area (Å²) in [6.45, 7) is 0.970. The Labute approximate surface area is 139 Å². The molecule has 1 aliphatic heterocycles. The highest BCUT2D eigenvalue weighted by atomic mass is 16.5. The predicted molar refractivity (Wildman–Crippen MR) is 84.4 cm³/mol. The standard InChI is InChI=1S/C17H20N2O5/c18-14(20)10-24-12-3-1-11(2-4-12)15(21)19-7-5-17(6-8-19)9-13(17)16(22)23/h1-4,13H,5-10H2,(H2,18,20)(H,22,23). The van der Waals surface area contributed by atoms with E-state index in [1.165, 1.54) is 0 Å². The van der Waals surface area contributed by atoms with Gasteiger partial charge in [0.25, 0.3) is 11.8 Å². The van der Waals surface area contributed by atoms with Crippen LogP contribution in [0.15, 0.2) is 24.3 Å². The summed E-state index contributed by atoms with van der Waals surface area (Å²) in [7, 11) is 0. The van der Waals surface area contributed by atoms with E-state index in [1.807, 2.05) is 0 Å². The van der Waals surface area contributed by atoms with Crippen LogP contribution in [0.3, 0.4) is 0 Å². The lowest BCUT2D eigenvalue weighted by Crippen LogP contribution is -2.40. The first kappa shape index (κ1) is 16.3. The summed E-state index contributed by atoms with van der Waals surface area (Å²) in [6.07, 6.45) is 2.22. The Balaban J connectivity index is 1.56. The fourth-order valence-corrected chi connectivity index (χ4v) is 3.44. The van der Waals surface area contributed by atoms with Gasteiger partial charge in [0.05, 0.1) is 5.92 Å². The number of carboxylic acids is 1. The number of aliphatic carboxylic acids is 1. The predicted octanol–water partition coefficient (Wildman–Crippen LogP) is 0.878. The van der Waals surface area contributed by atoms with Crippen LogP contribution < -0.4 is 10.5 Å². The third-order valence-electron chi connectivity index (χ3n) is 5.02. The lowest BCUT2D eigenvalue weighted by Gasteiger charge is -2.32. The second-order valence-electron chi connectivity index (χ2n) is 6.53. The van der Waals surface area contributed by atoms with Gasteiger partial charge in [-0.05, 0) is 48.9 Å². The van der Waals surface area contributed by atoms with Crippen LogP contribution in [0.25, 0.3) is 0 Å². The van der Waals surface area contributed by atoms with Gasteiger partial charge < -0.3 is 20.5 Å². The molecule has 0 radical (unpaired) electrons. The van der Waals surface area contributed by atoms with E-state index in [1.54, 1.807) is 29.2 Å². The minimum absolute atomic E-state index is 0.0705. The van der Waals surface area contributed by atoms with Gasteiger partial charge in [-0.25, -0.2) is 0 Å². The van der Waals surface area contributed by atoms with E-state index >= 15 is 0 Å². The molecule has 2 aliphatic rings. The largest absolute Gasteiger partial charge is 0.484 e. The van der Waals surface area contributed by atoms with E-state index in [0.29, 0.717) is 24.4 Å². The first-order valence-electron chi connectivity index (χ1n) is 7.94. The number of rotatable bonds is 5. The van der Waals surface area contributed by atoms with Crippen molar-refractivity contribution in [1.82, 2.24) is 4.90 Å². The molecular formula is C17H20N2O5. The number of primary amides is 1. The van der Waals surface area contributed by atoms with Crippen LogP contribution in [0, 0.1) is 11.3 Å². The zero-order valence-electron chi connectivity index (χ0n) is 13.2. The van der Waals surface area contributed by atoms with Crippen molar-refractivity contribution in [3.05, 3.63) is 29.8 Å². The smallest absolute Gasteiger partial charge is 0.307 e. The van der Waals surface area contributed by atoms with Gasteiger partial charge in [0.2, 0.25) is 0 Å². The summed E-state index contributed by atoms with van der Waals surface area (Å²) in [6, 6.07) is 6.56. The van der Waals surface area contributed by atoms with Crippen molar-refractivity contribution in [1.29, 1.82) is 0 Å². The van der Waals surface area contributed by atoms with E-state index in [9.17, 15) is 14.4 Å². The van der Waals surface area contributed by atoms with E-state index in [-0.39, 0.29) is 23.8 Å². The van der Waals surface area contributed by atoms with Gasteiger partial charge in [0.1, 0.15) is 5.75 Å². The number of hydrogen-bond acceptors (Lipinski definition) is 4. The number of carbonyl (C=O) groups excluding carboxylic acids is 2. The molecule has 1 unspecified atom stereocenters. The molecule has 1 spiro atoms. The zero-order valence-corrected chi connectivity index (χ0v) is 13.2. The number of hydrogen-bond donors (Lipinski definition) is 2. The van der Waals surface area contributed by atoms with Gasteiger partial charge >= 0.3 is 5.97 Å². The highest BCUT2D eigenvalue weighted by Crippen LogP contribution is 2.59. The monoisotopic (exact) mass is 332 g/mol. The molecule has 2 fully saturated rings. The molecule has 3 N–H and O–H groups in total. The molecule has 0 bridgehead atoms. The molecule has 1 aromatic carbocycles. The number of likely N-dealkylation sites (tertiary alicyclic amines) is 1. The van der Waals surface area contributed by atoms with Gasteiger partial charge in [-0.1, -0.05) is 0 Å². The Kier molecular flexibility index (Phi) is 4.17. The van der Waals surface area contributed by atoms with Crippen LogP contribution in [-0.2, 0) is 9.59 Å². The van der Waals surface area contributed by atoms with Crippen LogP contribution in [0.5, 0.6) is 5.75 Å². The van der Waals surface area contributed by atoms with Crippen LogP contribution >= 0.6 is 0 Å². The average Bonchev–Trinajstić information content (AvgIpc) is 3.27.